The molecule has 0 unspecified atom stereocenters. The van der Waals surface area contributed by atoms with Crippen molar-refractivity contribution in [3.05, 3.63) is 45.5 Å². The van der Waals surface area contributed by atoms with Crippen molar-refractivity contribution in [3.8, 4) is 0 Å². The van der Waals surface area contributed by atoms with Gasteiger partial charge in [0.25, 0.3) is 0 Å². The van der Waals surface area contributed by atoms with Crippen molar-refractivity contribution >= 4 is 5.78 Å². The predicted octanol–water partition coefficient (Wildman–Crippen LogP) is 3.32. The topological polar surface area (TPSA) is 60.2 Å². The number of nitrogens with zero attached hydrogens (tertiary/aromatic N) is 1. The van der Waals surface area contributed by atoms with E-state index in [1.807, 2.05) is 24.3 Å². The molecule has 0 spiro atoms. The van der Waals surface area contributed by atoms with E-state index in [9.17, 15) is 14.9 Å². The Hall–Kier alpha value is -1.71. The molecular weight excluding hydrogens is 242 g/mol. The second-order valence-corrected chi connectivity index (χ2v) is 5.99. The Morgan fingerprint density at radius 2 is 1.79 bits per heavy atom. The third-order valence-electron chi connectivity index (χ3n) is 3.15. The Balaban J connectivity index is 2.96. The summed E-state index contributed by atoms with van der Waals surface area (Å²) in [6.07, 6.45) is 0.218. The number of carbonyl (C=O) groups excluding carboxylic acids is 1. The summed E-state index contributed by atoms with van der Waals surface area (Å²) >= 11 is 0. The molecule has 4 nitrogen and oxygen atoms in total. The quantitative estimate of drug-likeness (QED) is 0.604. The third kappa shape index (κ3) is 4.81. The van der Waals surface area contributed by atoms with Gasteiger partial charge in [-0.3, -0.25) is 10.1 Å². The van der Waals surface area contributed by atoms with Gasteiger partial charge in [-0.05, 0) is 23.5 Å². The average Bonchev–Trinajstić information content (AvgIpc) is 2.26. The molecule has 1 aromatic carbocycles. The molecule has 0 aliphatic rings. The highest BCUT2D eigenvalue weighted by Gasteiger charge is 2.21. The van der Waals surface area contributed by atoms with Crippen LogP contribution in [0.15, 0.2) is 24.3 Å². The summed E-state index contributed by atoms with van der Waals surface area (Å²) in [7, 11) is 0. The van der Waals surface area contributed by atoms with Crippen LogP contribution in [0.5, 0.6) is 0 Å². The lowest BCUT2D eigenvalue weighted by Gasteiger charge is -2.20. The summed E-state index contributed by atoms with van der Waals surface area (Å²) < 4.78 is 0. The van der Waals surface area contributed by atoms with Gasteiger partial charge in [-0.1, -0.05) is 45.0 Å². The molecular formula is C15H21NO3. The standard InChI is InChI=1S/C15H21NO3/c1-11(17)9-13(10-16(18)19)12-5-7-14(8-6-12)15(2,3)4/h5-8,13H,9-10H2,1-4H3/t13-/m1/s1. The number of hydrogen-bond donors (Lipinski definition) is 0. The third-order valence-corrected chi connectivity index (χ3v) is 3.15. The molecule has 0 fully saturated rings. The fourth-order valence-corrected chi connectivity index (χ4v) is 2.07. The number of hydrogen-bond acceptors (Lipinski definition) is 3. The van der Waals surface area contributed by atoms with Gasteiger partial charge in [0.15, 0.2) is 0 Å². The van der Waals surface area contributed by atoms with Gasteiger partial charge < -0.3 is 4.79 Å². The van der Waals surface area contributed by atoms with Crippen LogP contribution >= 0.6 is 0 Å². The summed E-state index contributed by atoms with van der Waals surface area (Å²) in [5.74, 6) is -0.353. The molecule has 0 saturated heterocycles. The smallest absolute Gasteiger partial charge is 0.211 e. The molecule has 0 aliphatic heterocycles. The van der Waals surface area contributed by atoms with Crippen LogP contribution in [-0.4, -0.2) is 17.3 Å². The lowest BCUT2D eigenvalue weighted by atomic mass is 9.85. The van der Waals surface area contributed by atoms with Crippen LogP contribution in [0.1, 0.15) is 51.2 Å². The van der Waals surface area contributed by atoms with Gasteiger partial charge in [-0.25, -0.2) is 0 Å². The predicted molar refractivity (Wildman–Crippen MR) is 75.0 cm³/mol. The maximum absolute atomic E-state index is 11.2. The molecule has 104 valence electrons. The van der Waals surface area contributed by atoms with Crippen LogP contribution < -0.4 is 0 Å². The number of Topliss-reactive ketones (excluding diaryl/α,β-unsaturated/α-hetero) is 1. The monoisotopic (exact) mass is 263 g/mol. The minimum atomic E-state index is -0.356. The van der Waals surface area contributed by atoms with E-state index in [-0.39, 0.29) is 35.0 Å². The minimum absolute atomic E-state index is 0.0215. The highest BCUT2D eigenvalue weighted by molar-refractivity contribution is 5.76. The minimum Gasteiger partial charge on any atom is -0.300 e. The lowest BCUT2D eigenvalue weighted by molar-refractivity contribution is -0.483. The Bertz CT molecular complexity index is 441. The molecule has 0 amide bonds. The molecule has 0 bridgehead atoms. The zero-order valence-corrected chi connectivity index (χ0v) is 12.0. The first-order chi connectivity index (χ1) is 8.70. The molecule has 19 heavy (non-hydrogen) atoms. The first-order valence-corrected chi connectivity index (χ1v) is 6.42. The molecule has 0 aromatic heterocycles. The van der Waals surface area contributed by atoms with E-state index >= 15 is 0 Å². The maximum Gasteiger partial charge on any atom is 0.211 e. The summed E-state index contributed by atoms with van der Waals surface area (Å²) in [5, 5.41) is 10.7. The summed E-state index contributed by atoms with van der Waals surface area (Å²) in [6, 6.07) is 7.78. The fourth-order valence-electron chi connectivity index (χ4n) is 2.07. The number of ketones is 1. The van der Waals surface area contributed by atoms with Crippen LogP contribution in [0.25, 0.3) is 0 Å². The van der Waals surface area contributed by atoms with Crippen molar-refractivity contribution in [2.24, 2.45) is 0 Å². The maximum atomic E-state index is 11.2. The van der Waals surface area contributed by atoms with Crippen LogP contribution in [0, 0.1) is 10.1 Å². The Kier molecular flexibility index (Phi) is 4.81. The van der Waals surface area contributed by atoms with Crippen LogP contribution in [0.3, 0.4) is 0 Å². The summed E-state index contributed by atoms with van der Waals surface area (Å²) in [6.45, 7) is 7.62. The van der Waals surface area contributed by atoms with Gasteiger partial charge in [0.2, 0.25) is 6.54 Å². The van der Waals surface area contributed by atoms with Crippen molar-refractivity contribution in [2.45, 2.75) is 45.4 Å². The van der Waals surface area contributed by atoms with E-state index < -0.39 is 0 Å². The molecule has 0 heterocycles. The summed E-state index contributed by atoms with van der Waals surface area (Å²) in [5.41, 5.74) is 2.09. The number of nitro groups is 1. The summed E-state index contributed by atoms with van der Waals surface area (Å²) in [4.78, 5) is 21.5. The van der Waals surface area contributed by atoms with Crippen LogP contribution in [-0.2, 0) is 10.2 Å². The van der Waals surface area contributed by atoms with Crippen LogP contribution in [0.2, 0.25) is 0 Å². The number of rotatable bonds is 5. The van der Waals surface area contributed by atoms with Gasteiger partial charge in [0.05, 0.1) is 5.92 Å². The highest BCUT2D eigenvalue weighted by Crippen LogP contribution is 2.26. The van der Waals surface area contributed by atoms with Gasteiger partial charge in [-0.15, -0.1) is 0 Å². The van der Waals surface area contributed by atoms with Gasteiger partial charge >= 0.3 is 0 Å². The Morgan fingerprint density at radius 3 is 2.16 bits per heavy atom. The van der Waals surface area contributed by atoms with E-state index in [0.717, 1.165) is 5.56 Å². The fraction of sp³-hybridized carbons (Fsp3) is 0.533. The molecule has 1 atom stereocenters. The highest BCUT2D eigenvalue weighted by atomic mass is 16.6. The van der Waals surface area contributed by atoms with Gasteiger partial charge in [0.1, 0.15) is 5.78 Å². The first kappa shape index (κ1) is 15.3. The molecule has 0 N–H and O–H groups in total. The van der Waals surface area contributed by atoms with Gasteiger partial charge in [-0.2, -0.15) is 0 Å². The molecule has 1 aromatic rings. The van der Waals surface area contributed by atoms with Crippen molar-refractivity contribution in [1.82, 2.24) is 0 Å². The van der Waals surface area contributed by atoms with Gasteiger partial charge in [0, 0.05) is 11.3 Å². The van der Waals surface area contributed by atoms with Crippen molar-refractivity contribution < 1.29 is 9.72 Å². The molecule has 1 rings (SSSR count). The Labute approximate surface area is 114 Å². The molecule has 0 aliphatic carbocycles. The van der Waals surface area contributed by atoms with E-state index in [2.05, 4.69) is 20.8 Å². The zero-order chi connectivity index (χ0) is 14.6. The second kappa shape index (κ2) is 5.95. The average molecular weight is 263 g/mol. The lowest BCUT2D eigenvalue weighted by Crippen LogP contribution is -2.16. The van der Waals surface area contributed by atoms with Crippen molar-refractivity contribution in [1.29, 1.82) is 0 Å². The van der Waals surface area contributed by atoms with E-state index in [1.165, 1.54) is 12.5 Å². The number of benzene rings is 1. The van der Waals surface area contributed by atoms with E-state index in [0.29, 0.717) is 0 Å². The number of carbonyl (C=O) groups is 1. The zero-order valence-electron chi connectivity index (χ0n) is 12.0. The van der Waals surface area contributed by atoms with Crippen molar-refractivity contribution in [2.75, 3.05) is 6.54 Å². The normalized spacial score (nSPS) is 13.1. The first-order valence-electron chi connectivity index (χ1n) is 6.42. The van der Waals surface area contributed by atoms with Crippen LogP contribution in [0.4, 0.5) is 0 Å². The molecule has 0 saturated carbocycles. The van der Waals surface area contributed by atoms with E-state index in [4.69, 9.17) is 0 Å². The largest absolute Gasteiger partial charge is 0.300 e. The SMILES string of the molecule is CC(=O)C[C@H](C[N+](=O)[O-])c1ccc(C(C)(C)C)cc1. The molecule has 4 heteroatoms. The molecule has 0 radical (unpaired) electrons. The second-order valence-electron chi connectivity index (χ2n) is 5.99. The van der Waals surface area contributed by atoms with E-state index in [1.54, 1.807) is 0 Å². The van der Waals surface area contributed by atoms with Crippen molar-refractivity contribution in [3.63, 3.8) is 0 Å². The Morgan fingerprint density at radius 1 is 1.26 bits per heavy atom.